The fourth-order valence-corrected chi connectivity index (χ4v) is 4.04. The predicted molar refractivity (Wildman–Crippen MR) is 110 cm³/mol. The van der Waals surface area contributed by atoms with Gasteiger partial charge in [0.25, 0.3) is 0 Å². The highest BCUT2D eigenvalue weighted by Crippen LogP contribution is 2.24. The summed E-state index contributed by atoms with van der Waals surface area (Å²) >= 11 is 0. The quantitative estimate of drug-likeness (QED) is 0.641. The third-order valence-corrected chi connectivity index (χ3v) is 5.58. The first kappa shape index (κ1) is 19.6. The van der Waals surface area contributed by atoms with Crippen LogP contribution < -0.4 is 0 Å². The van der Waals surface area contributed by atoms with Crippen LogP contribution in [0.5, 0.6) is 0 Å². The molecule has 1 aromatic carbocycles. The van der Waals surface area contributed by atoms with Crippen molar-refractivity contribution in [1.29, 1.82) is 0 Å². The second kappa shape index (κ2) is 8.37. The predicted octanol–water partition coefficient (Wildman–Crippen LogP) is 3.21. The smallest absolute Gasteiger partial charge is 0.142 e. The molecule has 0 bridgehead atoms. The topological polar surface area (TPSA) is 63.9 Å². The molecule has 0 N–H and O–H groups in total. The van der Waals surface area contributed by atoms with Gasteiger partial charge in [-0.1, -0.05) is 17.3 Å². The van der Waals surface area contributed by atoms with E-state index >= 15 is 0 Å². The summed E-state index contributed by atoms with van der Waals surface area (Å²) in [5.74, 6) is 0.277. The van der Waals surface area contributed by atoms with Gasteiger partial charge >= 0.3 is 0 Å². The summed E-state index contributed by atoms with van der Waals surface area (Å²) in [5, 5.41) is 10.2. The number of piperidine rings is 1. The van der Waals surface area contributed by atoms with Gasteiger partial charge in [-0.3, -0.25) is 14.5 Å². The Morgan fingerprint density at radius 3 is 2.72 bits per heavy atom. The number of fused-ring (bicyclic) bond motifs is 1. The van der Waals surface area contributed by atoms with Crippen LogP contribution in [-0.2, 0) is 18.3 Å². The van der Waals surface area contributed by atoms with Gasteiger partial charge in [0.2, 0.25) is 0 Å². The standard InChI is InChI=1S/C22H26FN5O/c1-15(23)13-28-7-5-16(6-8-28)22(29)11-20-10-19-9-17(3-4-18(19)12-24-20)21-14-27(2)26-25-21/h3-4,9-10,12,14-16H,5-8,11,13H2,1-2H3/t15-/m1/s1. The highest BCUT2D eigenvalue weighted by Gasteiger charge is 2.25. The normalized spacial score (nSPS) is 16.9. The number of benzene rings is 1. The molecule has 3 aromatic rings. The van der Waals surface area contributed by atoms with Gasteiger partial charge in [0.1, 0.15) is 17.6 Å². The van der Waals surface area contributed by atoms with E-state index in [9.17, 15) is 9.18 Å². The van der Waals surface area contributed by atoms with Crippen molar-refractivity contribution in [2.75, 3.05) is 19.6 Å². The zero-order chi connectivity index (χ0) is 20.4. The van der Waals surface area contributed by atoms with Crippen LogP contribution in [0.2, 0.25) is 0 Å². The molecule has 152 valence electrons. The Kier molecular flexibility index (Phi) is 5.67. The number of nitrogens with zero attached hydrogens (tertiary/aromatic N) is 5. The molecule has 1 saturated heterocycles. The maximum atomic E-state index is 13.2. The molecule has 4 rings (SSSR count). The van der Waals surface area contributed by atoms with Crippen LogP contribution in [0.3, 0.4) is 0 Å². The minimum absolute atomic E-state index is 0.0459. The number of hydrogen-bond acceptors (Lipinski definition) is 5. The molecule has 0 spiro atoms. The number of rotatable bonds is 6. The third-order valence-electron chi connectivity index (χ3n) is 5.58. The number of likely N-dealkylation sites (tertiary alicyclic amines) is 1. The Bertz CT molecular complexity index is 1010. The molecule has 1 atom stereocenters. The zero-order valence-corrected chi connectivity index (χ0v) is 16.9. The maximum absolute atomic E-state index is 13.2. The van der Waals surface area contributed by atoms with Crippen LogP contribution in [0.4, 0.5) is 4.39 Å². The van der Waals surface area contributed by atoms with E-state index in [1.165, 1.54) is 0 Å². The average molecular weight is 395 g/mol. The van der Waals surface area contributed by atoms with Gasteiger partial charge in [-0.15, -0.1) is 5.10 Å². The molecule has 0 amide bonds. The molecular formula is C22H26FN5O. The number of carbonyl (C=O) groups is 1. The molecule has 7 heteroatoms. The first-order valence-electron chi connectivity index (χ1n) is 10.1. The minimum atomic E-state index is -0.823. The van der Waals surface area contributed by atoms with Crippen LogP contribution in [0, 0.1) is 5.92 Å². The lowest BCUT2D eigenvalue weighted by Gasteiger charge is -2.31. The number of pyridine rings is 1. The van der Waals surface area contributed by atoms with Crippen molar-refractivity contribution in [3.63, 3.8) is 0 Å². The van der Waals surface area contributed by atoms with Crippen LogP contribution in [-0.4, -0.2) is 56.5 Å². The zero-order valence-electron chi connectivity index (χ0n) is 16.9. The fraction of sp³-hybridized carbons (Fsp3) is 0.455. The first-order valence-corrected chi connectivity index (χ1v) is 10.1. The van der Waals surface area contributed by atoms with Crippen molar-refractivity contribution < 1.29 is 9.18 Å². The lowest BCUT2D eigenvalue weighted by molar-refractivity contribution is -0.123. The summed E-state index contributed by atoms with van der Waals surface area (Å²) in [6.07, 6.45) is 4.82. The molecule has 2 aromatic heterocycles. The monoisotopic (exact) mass is 395 g/mol. The van der Waals surface area contributed by atoms with E-state index in [1.54, 1.807) is 11.6 Å². The number of Topliss-reactive ketones (excluding diaryl/α,β-unsaturated/α-hetero) is 1. The number of aryl methyl sites for hydroxylation is 1. The van der Waals surface area contributed by atoms with E-state index in [2.05, 4.69) is 26.3 Å². The molecule has 1 aliphatic heterocycles. The molecular weight excluding hydrogens is 369 g/mol. The molecule has 0 unspecified atom stereocenters. The third kappa shape index (κ3) is 4.67. The van der Waals surface area contributed by atoms with Gasteiger partial charge in [-0.25, -0.2) is 4.39 Å². The number of hydrogen-bond donors (Lipinski definition) is 0. The number of ketones is 1. The molecule has 0 saturated carbocycles. The van der Waals surface area contributed by atoms with Gasteiger partial charge < -0.3 is 4.90 Å². The van der Waals surface area contributed by atoms with E-state index in [-0.39, 0.29) is 11.7 Å². The van der Waals surface area contributed by atoms with Crippen LogP contribution in [0.25, 0.3) is 22.0 Å². The Balaban J connectivity index is 1.44. The van der Waals surface area contributed by atoms with Crippen LogP contribution in [0.1, 0.15) is 25.5 Å². The molecule has 0 aliphatic carbocycles. The van der Waals surface area contributed by atoms with Crippen molar-refractivity contribution in [2.45, 2.75) is 32.4 Å². The van der Waals surface area contributed by atoms with Crippen molar-refractivity contribution in [1.82, 2.24) is 24.9 Å². The van der Waals surface area contributed by atoms with E-state index < -0.39 is 6.17 Å². The molecule has 1 aliphatic rings. The van der Waals surface area contributed by atoms with Crippen molar-refractivity contribution >= 4 is 16.6 Å². The largest absolute Gasteiger partial charge is 0.300 e. The van der Waals surface area contributed by atoms with Crippen molar-refractivity contribution in [2.24, 2.45) is 13.0 Å². The molecule has 0 radical (unpaired) electrons. The first-order chi connectivity index (χ1) is 14.0. The highest BCUT2D eigenvalue weighted by molar-refractivity contribution is 5.88. The summed E-state index contributed by atoms with van der Waals surface area (Å²) < 4.78 is 14.8. The lowest BCUT2D eigenvalue weighted by atomic mass is 9.90. The van der Waals surface area contributed by atoms with Crippen molar-refractivity contribution in [3.8, 4) is 11.3 Å². The Hall–Kier alpha value is -2.67. The van der Waals surface area contributed by atoms with E-state index in [0.29, 0.717) is 13.0 Å². The highest BCUT2D eigenvalue weighted by atomic mass is 19.1. The van der Waals surface area contributed by atoms with E-state index in [0.717, 1.165) is 53.7 Å². The SMILES string of the molecule is C[C@@H](F)CN1CCC(C(=O)Cc2cc3cc(-c4cn(C)nn4)ccc3cn2)CC1. The Morgan fingerprint density at radius 2 is 2.03 bits per heavy atom. The Labute approximate surface area is 169 Å². The van der Waals surface area contributed by atoms with Gasteiger partial charge in [-0.05, 0) is 50.4 Å². The van der Waals surface area contributed by atoms with Gasteiger partial charge in [0, 0.05) is 48.8 Å². The molecule has 29 heavy (non-hydrogen) atoms. The minimum Gasteiger partial charge on any atom is -0.300 e. The molecule has 1 fully saturated rings. The second-order valence-electron chi connectivity index (χ2n) is 8.01. The van der Waals surface area contributed by atoms with E-state index in [4.69, 9.17) is 0 Å². The second-order valence-corrected chi connectivity index (χ2v) is 8.01. The van der Waals surface area contributed by atoms with Crippen LogP contribution >= 0.6 is 0 Å². The summed E-state index contributed by atoms with van der Waals surface area (Å²) in [6, 6.07) is 8.07. The Morgan fingerprint density at radius 1 is 1.24 bits per heavy atom. The van der Waals surface area contributed by atoms with Gasteiger partial charge in [0.15, 0.2) is 0 Å². The number of aromatic nitrogens is 4. The number of carbonyl (C=O) groups excluding carboxylic acids is 1. The fourth-order valence-electron chi connectivity index (χ4n) is 4.04. The van der Waals surface area contributed by atoms with E-state index in [1.807, 2.05) is 37.6 Å². The maximum Gasteiger partial charge on any atom is 0.142 e. The lowest BCUT2D eigenvalue weighted by Crippen LogP contribution is -2.39. The van der Waals surface area contributed by atoms with Crippen LogP contribution in [0.15, 0.2) is 36.7 Å². The number of alkyl halides is 1. The summed E-state index contributed by atoms with van der Waals surface area (Å²) in [7, 11) is 1.84. The summed E-state index contributed by atoms with van der Waals surface area (Å²) in [6.45, 7) is 3.62. The summed E-state index contributed by atoms with van der Waals surface area (Å²) in [5.41, 5.74) is 2.60. The summed E-state index contributed by atoms with van der Waals surface area (Å²) in [4.78, 5) is 19.4. The molecule has 3 heterocycles. The number of halogens is 1. The van der Waals surface area contributed by atoms with Gasteiger partial charge in [0.05, 0.1) is 6.20 Å². The van der Waals surface area contributed by atoms with Crippen molar-refractivity contribution in [3.05, 3.63) is 42.4 Å². The average Bonchev–Trinajstić information content (AvgIpc) is 3.14. The van der Waals surface area contributed by atoms with Gasteiger partial charge in [-0.2, -0.15) is 0 Å². The molecule has 6 nitrogen and oxygen atoms in total.